The number of hydrogen-bond donors (Lipinski definition) is 0. The van der Waals surface area contributed by atoms with E-state index in [1.165, 1.54) is 148 Å². The topological polar surface area (TPSA) is 17.3 Å². The van der Waals surface area contributed by atoms with Crippen molar-refractivity contribution in [1.82, 2.24) is 10.2 Å². The molecule has 0 aromatic rings. The van der Waals surface area contributed by atoms with Crippen molar-refractivity contribution in [2.75, 3.05) is 26.2 Å². The van der Waals surface area contributed by atoms with Gasteiger partial charge in [0.25, 0.3) is 0 Å². The summed E-state index contributed by atoms with van der Waals surface area (Å²) in [5.74, 6) is 1.63. The van der Waals surface area contributed by atoms with Gasteiger partial charge in [-0.1, -0.05) is 131 Å². The lowest BCUT2D eigenvalue weighted by atomic mass is 9.97. The standard InChI is InChI=1S/C33H69N2/c1-7-10-13-14-20-23-28-35(30-31(4)25-11-8-2)29-24-21-18-16-15-17-19-22-27-34-33(6)32(5)26-12-9-3/h31-33H,7-30H2,1-6H3. The van der Waals surface area contributed by atoms with Crippen molar-refractivity contribution >= 4 is 0 Å². The summed E-state index contributed by atoms with van der Waals surface area (Å²) >= 11 is 0. The molecule has 0 heterocycles. The third kappa shape index (κ3) is 24.0. The average Bonchev–Trinajstić information content (AvgIpc) is 2.85. The zero-order valence-electron chi connectivity index (χ0n) is 25.6. The Hall–Kier alpha value is -0.0800. The molecule has 2 nitrogen and oxygen atoms in total. The molecule has 35 heavy (non-hydrogen) atoms. The number of nitrogens with zero attached hydrogens (tertiary/aromatic N) is 2. The van der Waals surface area contributed by atoms with E-state index in [1.807, 2.05) is 0 Å². The molecular weight excluding hydrogens is 424 g/mol. The summed E-state index contributed by atoms with van der Waals surface area (Å²) in [4.78, 5) is 2.81. The second-order valence-corrected chi connectivity index (χ2v) is 11.9. The van der Waals surface area contributed by atoms with Gasteiger partial charge in [-0.3, -0.25) is 0 Å². The van der Waals surface area contributed by atoms with E-state index in [2.05, 4.69) is 46.4 Å². The predicted octanol–water partition coefficient (Wildman–Crippen LogP) is 10.4. The van der Waals surface area contributed by atoms with Gasteiger partial charge in [-0.25, -0.2) is 5.32 Å². The van der Waals surface area contributed by atoms with Gasteiger partial charge in [0, 0.05) is 19.1 Å². The predicted molar refractivity (Wildman–Crippen MR) is 161 cm³/mol. The first-order valence-corrected chi connectivity index (χ1v) is 16.4. The number of rotatable bonds is 28. The lowest BCUT2D eigenvalue weighted by molar-refractivity contribution is 0.220. The van der Waals surface area contributed by atoms with Crippen molar-refractivity contribution in [3.8, 4) is 0 Å². The van der Waals surface area contributed by atoms with Crippen LogP contribution in [0.3, 0.4) is 0 Å². The van der Waals surface area contributed by atoms with Crippen LogP contribution in [0.5, 0.6) is 0 Å². The molecular formula is C33H69N2. The summed E-state index contributed by atoms with van der Waals surface area (Å²) in [6.07, 6.45) is 27.9. The molecule has 0 aliphatic heterocycles. The molecule has 3 atom stereocenters. The van der Waals surface area contributed by atoms with Crippen molar-refractivity contribution in [2.45, 2.75) is 176 Å². The summed E-state index contributed by atoms with van der Waals surface area (Å²) in [7, 11) is 0. The summed E-state index contributed by atoms with van der Waals surface area (Å²) in [5.41, 5.74) is 0. The fraction of sp³-hybridized carbons (Fsp3) is 1.00. The molecule has 0 saturated carbocycles. The van der Waals surface area contributed by atoms with Crippen molar-refractivity contribution in [3.05, 3.63) is 0 Å². The van der Waals surface area contributed by atoms with Crippen molar-refractivity contribution in [1.29, 1.82) is 0 Å². The lowest BCUT2D eigenvalue weighted by Crippen LogP contribution is -2.30. The van der Waals surface area contributed by atoms with Crippen LogP contribution in [0.2, 0.25) is 0 Å². The summed E-state index contributed by atoms with van der Waals surface area (Å²) in [6, 6.07) is 0.553. The van der Waals surface area contributed by atoms with E-state index in [0.717, 1.165) is 18.4 Å². The molecule has 0 N–H and O–H groups in total. The highest BCUT2D eigenvalue weighted by atomic mass is 15.1. The minimum Gasteiger partial charge on any atom is -0.303 e. The molecule has 0 rings (SSSR count). The first-order chi connectivity index (χ1) is 17.0. The number of hydrogen-bond acceptors (Lipinski definition) is 1. The molecule has 0 bridgehead atoms. The molecule has 0 spiro atoms. The van der Waals surface area contributed by atoms with Crippen molar-refractivity contribution < 1.29 is 0 Å². The van der Waals surface area contributed by atoms with Crippen LogP contribution in [0.4, 0.5) is 0 Å². The monoisotopic (exact) mass is 494 g/mol. The van der Waals surface area contributed by atoms with Crippen molar-refractivity contribution in [3.63, 3.8) is 0 Å². The molecule has 0 amide bonds. The van der Waals surface area contributed by atoms with E-state index in [0.29, 0.717) is 6.04 Å². The van der Waals surface area contributed by atoms with E-state index in [-0.39, 0.29) is 0 Å². The van der Waals surface area contributed by atoms with Gasteiger partial charge in [0.1, 0.15) is 0 Å². The van der Waals surface area contributed by atoms with Crippen LogP contribution in [0.15, 0.2) is 0 Å². The zero-order chi connectivity index (χ0) is 26.0. The summed E-state index contributed by atoms with van der Waals surface area (Å²) in [6.45, 7) is 19.2. The minimum absolute atomic E-state index is 0.553. The Morgan fingerprint density at radius 2 is 0.971 bits per heavy atom. The molecule has 0 aliphatic carbocycles. The maximum absolute atomic E-state index is 4.92. The average molecular weight is 494 g/mol. The Morgan fingerprint density at radius 3 is 1.51 bits per heavy atom. The Labute approximate surface area is 224 Å². The van der Waals surface area contributed by atoms with E-state index in [9.17, 15) is 0 Å². The molecule has 0 saturated heterocycles. The Balaban J connectivity index is 3.80. The molecule has 0 aromatic heterocycles. The Kier molecular flexibility index (Phi) is 26.9. The van der Waals surface area contributed by atoms with Crippen molar-refractivity contribution in [2.24, 2.45) is 11.8 Å². The van der Waals surface area contributed by atoms with Gasteiger partial charge in [-0.15, -0.1) is 0 Å². The maximum Gasteiger partial charge on any atom is 0.0243 e. The highest BCUT2D eigenvalue weighted by Gasteiger charge is 2.12. The quantitative estimate of drug-likeness (QED) is 0.0990. The van der Waals surface area contributed by atoms with Crippen LogP contribution in [0.1, 0.15) is 170 Å². The fourth-order valence-corrected chi connectivity index (χ4v) is 5.24. The molecule has 0 aliphatic rings. The molecule has 0 aromatic carbocycles. The van der Waals surface area contributed by atoms with Gasteiger partial charge in [-0.2, -0.15) is 0 Å². The van der Waals surface area contributed by atoms with Crippen LogP contribution in [0.25, 0.3) is 0 Å². The van der Waals surface area contributed by atoms with Crippen LogP contribution in [-0.4, -0.2) is 37.1 Å². The second-order valence-electron chi connectivity index (χ2n) is 11.9. The minimum atomic E-state index is 0.553. The van der Waals surface area contributed by atoms with Crippen LogP contribution in [0, 0.1) is 11.8 Å². The normalized spacial score (nSPS) is 14.5. The molecule has 1 radical (unpaired) electrons. The zero-order valence-corrected chi connectivity index (χ0v) is 25.6. The third-order valence-corrected chi connectivity index (χ3v) is 8.08. The molecule has 3 unspecified atom stereocenters. The van der Waals surface area contributed by atoms with Crippen LogP contribution in [-0.2, 0) is 0 Å². The van der Waals surface area contributed by atoms with E-state index in [1.54, 1.807) is 0 Å². The third-order valence-electron chi connectivity index (χ3n) is 8.08. The second kappa shape index (κ2) is 27.0. The smallest absolute Gasteiger partial charge is 0.0243 e. The van der Waals surface area contributed by atoms with Gasteiger partial charge in [0.2, 0.25) is 0 Å². The van der Waals surface area contributed by atoms with Crippen LogP contribution < -0.4 is 5.32 Å². The van der Waals surface area contributed by atoms with E-state index < -0.39 is 0 Å². The first-order valence-electron chi connectivity index (χ1n) is 16.4. The summed E-state index contributed by atoms with van der Waals surface area (Å²) in [5, 5.41) is 4.92. The van der Waals surface area contributed by atoms with Gasteiger partial charge in [0.05, 0.1) is 0 Å². The first kappa shape index (κ1) is 34.9. The van der Waals surface area contributed by atoms with Gasteiger partial charge in [0.15, 0.2) is 0 Å². The van der Waals surface area contributed by atoms with Crippen LogP contribution >= 0.6 is 0 Å². The SMILES string of the molecule is CCCCCCCCN(CCCCCCCCCC[N]C(C)C(C)CCCC)CC(C)CCCC. The Morgan fingerprint density at radius 1 is 0.514 bits per heavy atom. The van der Waals surface area contributed by atoms with E-state index >= 15 is 0 Å². The summed E-state index contributed by atoms with van der Waals surface area (Å²) < 4.78 is 0. The maximum atomic E-state index is 4.92. The van der Waals surface area contributed by atoms with Gasteiger partial charge >= 0.3 is 0 Å². The highest BCUT2D eigenvalue weighted by Crippen LogP contribution is 2.15. The lowest BCUT2D eigenvalue weighted by Gasteiger charge is -2.26. The largest absolute Gasteiger partial charge is 0.303 e. The molecule has 0 fully saturated rings. The van der Waals surface area contributed by atoms with E-state index in [4.69, 9.17) is 5.32 Å². The van der Waals surface area contributed by atoms with Gasteiger partial charge in [-0.05, 0) is 64.0 Å². The fourth-order valence-electron chi connectivity index (χ4n) is 5.24. The van der Waals surface area contributed by atoms with Gasteiger partial charge < -0.3 is 4.90 Å². The molecule has 211 valence electrons. The highest BCUT2D eigenvalue weighted by molar-refractivity contribution is 4.68. The Bertz CT molecular complexity index is 397. The molecule has 2 heteroatoms. The number of unbranched alkanes of at least 4 members (excludes halogenated alkanes) is 14.